The molecule has 2 aliphatic rings. The standard InChI is InChI=1S/C15H30N2O/c1-15(18-2)9-6-10-17(12-15)11-13-7-4-3-5-8-14(13)16/h13-14H,3-12,16H2,1-2H3. The fraction of sp³-hybridized carbons (Fsp3) is 1.00. The van der Waals surface area contributed by atoms with E-state index in [0.717, 1.165) is 6.54 Å². The van der Waals surface area contributed by atoms with Gasteiger partial charge in [-0.1, -0.05) is 19.3 Å². The maximum Gasteiger partial charge on any atom is 0.0777 e. The lowest BCUT2D eigenvalue weighted by atomic mass is 9.91. The van der Waals surface area contributed by atoms with Crippen molar-refractivity contribution >= 4 is 0 Å². The van der Waals surface area contributed by atoms with Crippen LogP contribution < -0.4 is 5.73 Å². The molecule has 2 rings (SSSR count). The van der Waals surface area contributed by atoms with Gasteiger partial charge in [-0.15, -0.1) is 0 Å². The molecular formula is C15H30N2O. The summed E-state index contributed by atoms with van der Waals surface area (Å²) < 4.78 is 5.68. The molecule has 18 heavy (non-hydrogen) atoms. The molecule has 0 aromatic rings. The van der Waals surface area contributed by atoms with Crippen LogP contribution in [0.2, 0.25) is 0 Å². The van der Waals surface area contributed by atoms with E-state index in [2.05, 4.69) is 11.8 Å². The molecule has 0 amide bonds. The molecule has 3 nitrogen and oxygen atoms in total. The second-order valence-electron chi connectivity index (χ2n) is 6.55. The molecule has 2 fully saturated rings. The number of likely N-dealkylation sites (tertiary alicyclic amines) is 1. The fourth-order valence-corrected chi connectivity index (χ4v) is 3.60. The first-order valence-corrected chi connectivity index (χ1v) is 7.66. The highest BCUT2D eigenvalue weighted by Crippen LogP contribution is 2.27. The Kier molecular flexibility index (Phi) is 5.05. The number of nitrogens with two attached hydrogens (primary N) is 1. The van der Waals surface area contributed by atoms with Crippen LogP contribution in [0.5, 0.6) is 0 Å². The Morgan fingerprint density at radius 1 is 1.22 bits per heavy atom. The number of nitrogens with zero attached hydrogens (tertiary/aromatic N) is 1. The van der Waals surface area contributed by atoms with Gasteiger partial charge in [0.2, 0.25) is 0 Å². The summed E-state index contributed by atoms with van der Waals surface area (Å²) in [6.45, 7) is 5.72. The molecule has 0 bridgehead atoms. The zero-order valence-corrected chi connectivity index (χ0v) is 12.2. The summed E-state index contributed by atoms with van der Waals surface area (Å²) in [5.41, 5.74) is 6.40. The molecule has 1 aliphatic heterocycles. The van der Waals surface area contributed by atoms with E-state index < -0.39 is 0 Å². The van der Waals surface area contributed by atoms with E-state index in [1.165, 1.54) is 58.0 Å². The predicted octanol–water partition coefficient (Wildman–Crippen LogP) is 2.39. The third-order valence-corrected chi connectivity index (χ3v) is 4.94. The van der Waals surface area contributed by atoms with E-state index >= 15 is 0 Å². The average molecular weight is 254 g/mol. The number of rotatable bonds is 3. The lowest BCUT2D eigenvalue weighted by molar-refractivity contribution is -0.0545. The topological polar surface area (TPSA) is 38.5 Å². The van der Waals surface area contributed by atoms with Gasteiger partial charge in [-0.05, 0) is 45.1 Å². The number of piperidine rings is 1. The summed E-state index contributed by atoms with van der Waals surface area (Å²) in [5, 5.41) is 0. The molecule has 0 radical (unpaired) electrons. The molecular weight excluding hydrogens is 224 g/mol. The normalized spacial score (nSPS) is 39.5. The zero-order chi connectivity index (χ0) is 13.0. The van der Waals surface area contributed by atoms with Gasteiger partial charge in [0.1, 0.15) is 0 Å². The van der Waals surface area contributed by atoms with Gasteiger partial charge < -0.3 is 15.4 Å². The maximum absolute atomic E-state index is 6.34. The summed E-state index contributed by atoms with van der Waals surface area (Å²) in [4.78, 5) is 2.59. The molecule has 2 N–H and O–H groups in total. The lowest BCUT2D eigenvalue weighted by Gasteiger charge is -2.41. The highest BCUT2D eigenvalue weighted by molar-refractivity contribution is 4.87. The van der Waals surface area contributed by atoms with Gasteiger partial charge in [-0.25, -0.2) is 0 Å². The van der Waals surface area contributed by atoms with Crippen LogP contribution in [-0.4, -0.2) is 43.3 Å². The molecule has 3 heteroatoms. The molecule has 1 aliphatic carbocycles. The highest BCUT2D eigenvalue weighted by Gasteiger charge is 2.32. The molecule has 0 aromatic heterocycles. The van der Waals surface area contributed by atoms with Crippen LogP contribution in [-0.2, 0) is 4.74 Å². The molecule has 0 spiro atoms. The molecule has 3 atom stereocenters. The highest BCUT2D eigenvalue weighted by atomic mass is 16.5. The van der Waals surface area contributed by atoms with Crippen molar-refractivity contribution in [1.29, 1.82) is 0 Å². The SMILES string of the molecule is COC1(C)CCCN(CC2CCCCCC2N)C1. The van der Waals surface area contributed by atoms with Gasteiger partial charge in [0.05, 0.1) is 5.60 Å². The first-order chi connectivity index (χ1) is 8.63. The lowest BCUT2D eigenvalue weighted by Crippen LogP contribution is -2.50. The Hall–Kier alpha value is -0.120. The minimum Gasteiger partial charge on any atom is -0.377 e. The van der Waals surface area contributed by atoms with Crippen molar-refractivity contribution in [2.45, 2.75) is 63.5 Å². The van der Waals surface area contributed by atoms with E-state index in [1.807, 2.05) is 7.11 Å². The molecule has 106 valence electrons. The van der Waals surface area contributed by atoms with Gasteiger partial charge in [-0.3, -0.25) is 0 Å². The fourth-order valence-electron chi connectivity index (χ4n) is 3.60. The van der Waals surface area contributed by atoms with E-state index in [4.69, 9.17) is 10.5 Å². The molecule has 1 heterocycles. The third-order valence-electron chi connectivity index (χ3n) is 4.94. The minimum atomic E-state index is 0.0626. The van der Waals surface area contributed by atoms with Crippen LogP contribution in [0.4, 0.5) is 0 Å². The Balaban J connectivity index is 1.87. The monoisotopic (exact) mass is 254 g/mol. The minimum absolute atomic E-state index is 0.0626. The van der Waals surface area contributed by atoms with Crippen molar-refractivity contribution in [1.82, 2.24) is 4.90 Å². The largest absolute Gasteiger partial charge is 0.377 e. The first-order valence-electron chi connectivity index (χ1n) is 7.66. The number of ether oxygens (including phenoxy) is 1. The van der Waals surface area contributed by atoms with Gasteiger partial charge in [0.15, 0.2) is 0 Å². The zero-order valence-electron chi connectivity index (χ0n) is 12.2. The van der Waals surface area contributed by atoms with Crippen LogP contribution in [0, 0.1) is 5.92 Å². The van der Waals surface area contributed by atoms with Crippen LogP contribution in [0.3, 0.4) is 0 Å². The van der Waals surface area contributed by atoms with Crippen molar-refractivity contribution in [3.8, 4) is 0 Å². The van der Waals surface area contributed by atoms with E-state index in [9.17, 15) is 0 Å². The Bertz CT molecular complexity index is 259. The molecule has 1 saturated carbocycles. The summed E-state index contributed by atoms with van der Waals surface area (Å²) in [6.07, 6.45) is 9.06. The van der Waals surface area contributed by atoms with Crippen molar-refractivity contribution in [3.63, 3.8) is 0 Å². The van der Waals surface area contributed by atoms with Gasteiger partial charge in [-0.2, -0.15) is 0 Å². The van der Waals surface area contributed by atoms with E-state index in [0.29, 0.717) is 12.0 Å². The van der Waals surface area contributed by atoms with Gasteiger partial charge in [0, 0.05) is 26.2 Å². The second-order valence-corrected chi connectivity index (χ2v) is 6.55. The second kappa shape index (κ2) is 6.36. The summed E-state index contributed by atoms with van der Waals surface area (Å²) in [7, 11) is 1.85. The quantitative estimate of drug-likeness (QED) is 0.786. The van der Waals surface area contributed by atoms with E-state index in [1.54, 1.807) is 0 Å². The Morgan fingerprint density at radius 3 is 2.78 bits per heavy atom. The van der Waals surface area contributed by atoms with Crippen molar-refractivity contribution < 1.29 is 4.74 Å². The van der Waals surface area contributed by atoms with Crippen LogP contribution in [0.1, 0.15) is 51.9 Å². The van der Waals surface area contributed by atoms with Crippen LogP contribution in [0.15, 0.2) is 0 Å². The van der Waals surface area contributed by atoms with E-state index in [-0.39, 0.29) is 5.60 Å². The number of methoxy groups -OCH3 is 1. The van der Waals surface area contributed by atoms with Crippen molar-refractivity contribution in [3.05, 3.63) is 0 Å². The van der Waals surface area contributed by atoms with Crippen LogP contribution in [0.25, 0.3) is 0 Å². The smallest absolute Gasteiger partial charge is 0.0777 e. The predicted molar refractivity (Wildman–Crippen MR) is 75.6 cm³/mol. The third kappa shape index (κ3) is 3.69. The number of hydrogen-bond acceptors (Lipinski definition) is 3. The Morgan fingerprint density at radius 2 is 2.00 bits per heavy atom. The van der Waals surface area contributed by atoms with Gasteiger partial charge in [0.25, 0.3) is 0 Å². The average Bonchev–Trinajstić information content (AvgIpc) is 2.55. The Labute approximate surface area is 112 Å². The molecule has 3 unspecified atom stereocenters. The van der Waals surface area contributed by atoms with Crippen molar-refractivity contribution in [2.75, 3.05) is 26.7 Å². The first kappa shape index (κ1) is 14.3. The molecule has 0 aromatic carbocycles. The van der Waals surface area contributed by atoms with Gasteiger partial charge >= 0.3 is 0 Å². The summed E-state index contributed by atoms with van der Waals surface area (Å²) in [5.74, 6) is 0.701. The summed E-state index contributed by atoms with van der Waals surface area (Å²) >= 11 is 0. The molecule has 1 saturated heterocycles. The van der Waals surface area contributed by atoms with Crippen LogP contribution >= 0.6 is 0 Å². The summed E-state index contributed by atoms with van der Waals surface area (Å²) in [6, 6.07) is 0.420. The van der Waals surface area contributed by atoms with Crippen molar-refractivity contribution in [2.24, 2.45) is 11.7 Å². The number of hydrogen-bond donors (Lipinski definition) is 1. The maximum atomic E-state index is 6.34.